The second-order valence-electron chi connectivity index (χ2n) is 8.06. The van der Waals surface area contributed by atoms with Crippen LogP contribution in [0.5, 0.6) is 5.75 Å². The zero-order valence-corrected chi connectivity index (χ0v) is 20.5. The highest BCUT2D eigenvalue weighted by molar-refractivity contribution is 7.98. The van der Waals surface area contributed by atoms with Crippen molar-refractivity contribution in [3.63, 3.8) is 0 Å². The van der Waals surface area contributed by atoms with Gasteiger partial charge < -0.3 is 15.4 Å². The zero-order chi connectivity index (χ0) is 23.7. The minimum atomic E-state index is -0.390. The molecule has 0 saturated carbocycles. The number of aryl methyl sites for hydroxylation is 3. The van der Waals surface area contributed by atoms with E-state index in [2.05, 4.69) is 47.3 Å². The molecular weight excluding hydrogens is 454 g/mol. The van der Waals surface area contributed by atoms with Gasteiger partial charge in [-0.1, -0.05) is 35.9 Å². The van der Waals surface area contributed by atoms with Crippen molar-refractivity contribution >= 4 is 39.2 Å². The highest BCUT2D eigenvalue weighted by atomic mass is 32.2. The number of rotatable bonds is 6. The van der Waals surface area contributed by atoms with E-state index >= 15 is 0 Å². The van der Waals surface area contributed by atoms with Crippen LogP contribution in [0, 0.1) is 20.8 Å². The van der Waals surface area contributed by atoms with Crippen LogP contribution in [0.15, 0.2) is 52.2 Å². The molecule has 0 radical (unpaired) electrons. The topological polar surface area (TPSA) is 95.1 Å². The van der Waals surface area contributed by atoms with E-state index < -0.39 is 0 Å². The summed E-state index contributed by atoms with van der Waals surface area (Å²) < 4.78 is 0. The molecular formula is C25H25N3O3S2. The number of thioether (sulfide) groups is 1. The van der Waals surface area contributed by atoms with Crippen LogP contribution in [0.4, 0.5) is 0 Å². The number of hydrogen-bond acceptors (Lipinski definition) is 6. The van der Waals surface area contributed by atoms with Gasteiger partial charge in [0.05, 0.1) is 22.1 Å². The molecule has 0 saturated heterocycles. The predicted octanol–water partition coefficient (Wildman–Crippen LogP) is 5.40. The van der Waals surface area contributed by atoms with Crippen molar-refractivity contribution in [1.29, 1.82) is 0 Å². The Morgan fingerprint density at radius 3 is 2.73 bits per heavy atom. The third-order valence-corrected chi connectivity index (χ3v) is 7.87. The Hall–Kier alpha value is -3.10. The van der Waals surface area contributed by atoms with E-state index in [9.17, 15) is 14.7 Å². The average molecular weight is 480 g/mol. The number of fused-ring (bicyclic) bond motifs is 1. The van der Waals surface area contributed by atoms with Crippen LogP contribution in [-0.2, 0) is 5.75 Å². The number of nitrogens with one attached hydrogen (secondary N) is 2. The maximum atomic E-state index is 13.0. The molecule has 0 bridgehead atoms. The number of benzene rings is 2. The van der Waals surface area contributed by atoms with Gasteiger partial charge in [-0.15, -0.1) is 23.1 Å². The van der Waals surface area contributed by atoms with Crippen LogP contribution in [0.25, 0.3) is 10.2 Å². The quantitative estimate of drug-likeness (QED) is 0.322. The van der Waals surface area contributed by atoms with Crippen LogP contribution >= 0.6 is 23.1 Å². The van der Waals surface area contributed by atoms with E-state index in [-0.39, 0.29) is 23.3 Å². The molecule has 0 fully saturated rings. The van der Waals surface area contributed by atoms with E-state index in [1.807, 2.05) is 13.0 Å². The van der Waals surface area contributed by atoms with Crippen molar-refractivity contribution in [2.75, 3.05) is 0 Å². The van der Waals surface area contributed by atoms with Crippen LogP contribution in [0.2, 0.25) is 0 Å². The minimum absolute atomic E-state index is 0.127. The number of H-pyrrole nitrogens is 1. The third-order valence-electron chi connectivity index (χ3n) is 5.51. The lowest BCUT2D eigenvalue weighted by molar-refractivity contribution is 0.0943. The fourth-order valence-corrected chi connectivity index (χ4v) is 5.77. The maximum absolute atomic E-state index is 13.0. The molecule has 0 spiro atoms. The first-order chi connectivity index (χ1) is 15.7. The molecule has 6 nitrogen and oxygen atoms in total. The van der Waals surface area contributed by atoms with Gasteiger partial charge in [0.2, 0.25) is 0 Å². The SMILES string of the molecule is Cc1ccc(C)c(SCc2nc3sc(C(=O)NC(C)c4ccccc4O)c(C)c3c(=O)[nH]2)c1. The fraction of sp³-hybridized carbons (Fsp3) is 0.240. The van der Waals surface area contributed by atoms with Crippen molar-refractivity contribution in [2.45, 2.75) is 44.4 Å². The van der Waals surface area contributed by atoms with Crippen molar-refractivity contribution in [1.82, 2.24) is 15.3 Å². The number of carbonyl (C=O) groups is 1. The number of nitrogens with zero attached hydrogens (tertiary/aromatic N) is 1. The standard InChI is InChI=1S/C25H25N3O3S2/c1-13-9-10-14(2)19(11-13)32-12-20-27-23(30)21-15(3)22(33-25(21)28-20)24(31)26-16(4)17-7-5-6-8-18(17)29/h5-11,16,29H,12H2,1-4H3,(H,26,31)(H,27,28,30). The number of phenolic OH excluding ortho intramolecular Hbond substituents is 1. The number of hydrogen-bond donors (Lipinski definition) is 3. The number of para-hydroxylation sites is 1. The number of phenols is 1. The van der Waals surface area contributed by atoms with Gasteiger partial charge in [0.1, 0.15) is 16.4 Å². The zero-order valence-electron chi connectivity index (χ0n) is 18.9. The van der Waals surface area contributed by atoms with Gasteiger partial charge in [-0.25, -0.2) is 4.98 Å². The molecule has 170 valence electrons. The largest absolute Gasteiger partial charge is 0.508 e. The molecule has 0 aliphatic rings. The monoisotopic (exact) mass is 479 g/mol. The molecule has 0 aliphatic heterocycles. The molecule has 1 atom stereocenters. The highest BCUT2D eigenvalue weighted by Crippen LogP contribution is 2.30. The minimum Gasteiger partial charge on any atom is -0.508 e. The van der Waals surface area contributed by atoms with Gasteiger partial charge in [-0.2, -0.15) is 0 Å². The molecule has 4 rings (SSSR count). The normalized spacial score (nSPS) is 12.1. The summed E-state index contributed by atoms with van der Waals surface area (Å²) in [5, 5.41) is 13.4. The lowest BCUT2D eigenvalue weighted by Crippen LogP contribution is -2.26. The molecule has 2 heterocycles. The molecule has 0 aliphatic carbocycles. The van der Waals surface area contributed by atoms with Crippen molar-refractivity contribution < 1.29 is 9.90 Å². The van der Waals surface area contributed by atoms with Gasteiger partial charge >= 0.3 is 0 Å². The highest BCUT2D eigenvalue weighted by Gasteiger charge is 2.21. The van der Waals surface area contributed by atoms with E-state index in [1.165, 1.54) is 22.5 Å². The van der Waals surface area contributed by atoms with Crippen LogP contribution < -0.4 is 10.9 Å². The Kier molecular flexibility index (Phi) is 6.58. The second-order valence-corrected chi connectivity index (χ2v) is 10.1. The van der Waals surface area contributed by atoms with Gasteiger partial charge in [0.25, 0.3) is 11.5 Å². The summed E-state index contributed by atoms with van der Waals surface area (Å²) in [6.07, 6.45) is 0. The first-order valence-corrected chi connectivity index (χ1v) is 12.4. The Bertz CT molecular complexity index is 1410. The summed E-state index contributed by atoms with van der Waals surface area (Å²) in [6.45, 7) is 7.69. The summed E-state index contributed by atoms with van der Waals surface area (Å²) in [7, 11) is 0. The molecule has 33 heavy (non-hydrogen) atoms. The Labute approximate surface area is 200 Å². The van der Waals surface area contributed by atoms with Crippen LogP contribution in [0.3, 0.4) is 0 Å². The molecule has 2 aromatic heterocycles. The smallest absolute Gasteiger partial charge is 0.262 e. The van der Waals surface area contributed by atoms with Crippen molar-refractivity contribution in [3.05, 3.63) is 85.8 Å². The van der Waals surface area contributed by atoms with E-state index in [4.69, 9.17) is 0 Å². The van der Waals surface area contributed by atoms with E-state index in [1.54, 1.807) is 36.9 Å². The summed E-state index contributed by atoms with van der Waals surface area (Å²) >= 11 is 2.84. The number of thiophene rings is 1. The van der Waals surface area contributed by atoms with Crippen LogP contribution in [0.1, 0.15) is 50.7 Å². The molecule has 1 amide bonds. The van der Waals surface area contributed by atoms with Gasteiger partial charge in [0.15, 0.2) is 0 Å². The third kappa shape index (κ3) is 4.82. The summed E-state index contributed by atoms with van der Waals surface area (Å²) in [5.41, 5.74) is 3.37. The lowest BCUT2D eigenvalue weighted by Gasteiger charge is -2.15. The number of aromatic hydroxyl groups is 1. The summed E-state index contributed by atoms with van der Waals surface area (Å²) in [6, 6.07) is 12.8. The Morgan fingerprint density at radius 1 is 1.21 bits per heavy atom. The van der Waals surface area contributed by atoms with Gasteiger partial charge in [0, 0.05) is 10.5 Å². The van der Waals surface area contributed by atoms with Crippen LogP contribution in [-0.4, -0.2) is 21.0 Å². The van der Waals surface area contributed by atoms with Gasteiger partial charge in [-0.3, -0.25) is 9.59 Å². The van der Waals surface area contributed by atoms with E-state index in [0.717, 1.165) is 4.90 Å². The predicted molar refractivity (Wildman–Crippen MR) is 134 cm³/mol. The van der Waals surface area contributed by atoms with Crippen molar-refractivity contribution in [2.24, 2.45) is 0 Å². The molecule has 1 unspecified atom stereocenters. The molecule has 8 heteroatoms. The lowest BCUT2D eigenvalue weighted by atomic mass is 10.1. The number of aromatic nitrogens is 2. The fourth-order valence-electron chi connectivity index (χ4n) is 3.68. The van der Waals surface area contributed by atoms with E-state index in [0.29, 0.717) is 37.8 Å². The molecule has 3 N–H and O–H groups in total. The maximum Gasteiger partial charge on any atom is 0.262 e. The first-order valence-electron chi connectivity index (χ1n) is 10.6. The molecule has 4 aromatic rings. The summed E-state index contributed by atoms with van der Waals surface area (Å²) in [5.74, 6) is 0.937. The first kappa shape index (κ1) is 23.1. The number of amides is 1. The van der Waals surface area contributed by atoms with Gasteiger partial charge in [-0.05, 0) is 51.0 Å². The Morgan fingerprint density at radius 2 is 1.97 bits per heavy atom. The average Bonchev–Trinajstić information content (AvgIpc) is 3.11. The molecule has 2 aromatic carbocycles. The second kappa shape index (κ2) is 9.41. The summed E-state index contributed by atoms with van der Waals surface area (Å²) in [4.78, 5) is 35.5. The number of aromatic amines is 1. The number of carbonyl (C=O) groups excluding carboxylic acids is 1. The van der Waals surface area contributed by atoms with Crippen molar-refractivity contribution in [3.8, 4) is 5.75 Å². The Balaban J connectivity index is 1.58.